The normalized spacial score (nSPS) is 25.5. The number of rotatable bonds is 7. The van der Waals surface area contributed by atoms with E-state index >= 15 is 0 Å². The number of ether oxygens (including phenoxy) is 1. The summed E-state index contributed by atoms with van der Waals surface area (Å²) in [4.78, 5) is 2.45. The van der Waals surface area contributed by atoms with E-state index in [-0.39, 0.29) is 10.9 Å². The summed E-state index contributed by atoms with van der Waals surface area (Å²) >= 11 is 0. The van der Waals surface area contributed by atoms with Gasteiger partial charge < -0.3 is 4.74 Å². The highest BCUT2D eigenvalue weighted by molar-refractivity contribution is 7.90. The zero-order valence-electron chi connectivity index (χ0n) is 15.8. The lowest BCUT2D eigenvalue weighted by atomic mass is 9.79. The number of hydrogen-bond acceptors (Lipinski definition) is 4. The SMILES string of the molecule is Cc1cc(C)cc(CN2CC3(C2)OCCC3CCNS(=O)(=O)C2CC2)c1. The van der Waals surface area contributed by atoms with Crippen molar-refractivity contribution >= 4 is 10.0 Å². The highest BCUT2D eigenvalue weighted by Crippen LogP contribution is 2.42. The molecular weight excluding hydrogens is 348 g/mol. The maximum atomic E-state index is 12.0. The van der Waals surface area contributed by atoms with Crippen molar-refractivity contribution in [2.75, 3.05) is 26.2 Å². The van der Waals surface area contributed by atoms with Crippen LogP contribution in [0.25, 0.3) is 0 Å². The van der Waals surface area contributed by atoms with Gasteiger partial charge in [-0.15, -0.1) is 0 Å². The van der Waals surface area contributed by atoms with E-state index in [1.165, 1.54) is 16.7 Å². The van der Waals surface area contributed by atoms with Crippen molar-refractivity contribution in [2.45, 2.75) is 56.9 Å². The fraction of sp³-hybridized carbons (Fsp3) is 0.700. The standard InChI is InChI=1S/C20H30N2O3S/c1-15-9-16(2)11-17(10-15)12-22-13-20(14-22)18(6-8-25-20)5-7-21-26(23,24)19-3-4-19/h9-11,18-19,21H,3-8,12-14H2,1-2H3. The van der Waals surface area contributed by atoms with Gasteiger partial charge in [0.25, 0.3) is 0 Å². The summed E-state index contributed by atoms with van der Waals surface area (Å²) in [5, 5.41) is -0.131. The molecule has 1 aromatic carbocycles. The molecule has 3 fully saturated rings. The second-order valence-corrected chi connectivity index (χ2v) is 10.5. The van der Waals surface area contributed by atoms with Gasteiger partial charge in [0.05, 0.1) is 10.9 Å². The molecule has 2 saturated heterocycles. The van der Waals surface area contributed by atoms with Gasteiger partial charge in [-0.25, -0.2) is 13.1 Å². The molecule has 6 heteroatoms. The molecule has 1 saturated carbocycles. The van der Waals surface area contributed by atoms with Gasteiger partial charge in [-0.05, 0) is 51.0 Å². The minimum absolute atomic E-state index is 0.0517. The fourth-order valence-corrected chi connectivity index (χ4v) is 6.05. The maximum Gasteiger partial charge on any atom is 0.214 e. The van der Waals surface area contributed by atoms with Crippen molar-refractivity contribution in [3.05, 3.63) is 34.9 Å². The summed E-state index contributed by atoms with van der Waals surface area (Å²) in [6.07, 6.45) is 3.56. The third-order valence-corrected chi connectivity index (χ3v) is 7.98. The first-order valence-corrected chi connectivity index (χ1v) is 11.3. The largest absolute Gasteiger partial charge is 0.372 e. The number of likely N-dealkylation sites (tertiary alicyclic amines) is 1. The smallest absolute Gasteiger partial charge is 0.214 e. The highest BCUT2D eigenvalue weighted by Gasteiger charge is 2.52. The second-order valence-electron chi connectivity index (χ2n) is 8.47. The van der Waals surface area contributed by atoms with Crippen molar-refractivity contribution in [1.29, 1.82) is 0 Å². The van der Waals surface area contributed by atoms with Gasteiger partial charge in [0, 0.05) is 32.8 Å². The van der Waals surface area contributed by atoms with Crippen molar-refractivity contribution in [1.82, 2.24) is 9.62 Å². The van der Waals surface area contributed by atoms with E-state index in [0.29, 0.717) is 12.5 Å². The lowest BCUT2D eigenvalue weighted by molar-refractivity contribution is -0.136. The van der Waals surface area contributed by atoms with Gasteiger partial charge in [-0.2, -0.15) is 0 Å². The average molecular weight is 379 g/mol. The van der Waals surface area contributed by atoms with E-state index < -0.39 is 10.0 Å². The molecule has 2 heterocycles. The maximum absolute atomic E-state index is 12.0. The molecular formula is C20H30N2O3S. The molecule has 1 atom stereocenters. The Balaban J connectivity index is 1.28. The van der Waals surface area contributed by atoms with Crippen LogP contribution in [0.2, 0.25) is 0 Å². The monoisotopic (exact) mass is 378 g/mol. The Morgan fingerprint density at radius 1 is 1.15 bits per heavy atom. The van der Waals surface area contributed by atoms with Gasteiger partial charge in [0.1, 0.15) is 0 Å². The first-order valence-electron chi connectivity index (χ1n) is 9.78. The van der Waals surface area contributed by atoms with Crippen molar-refractivity contribution < 1.29 is 13.2 Å². The van der Waals surface area contributed by atoms with Gasteiger partial charge >= 0.3 is 0 Å². The summed E-state index contributed by atoms with van der Waals surface area (Å²) in [7, 11) is -3.07. The third kappa shape index (κ3) is 3.84. The van der Waals surface area contributed by atoms with Crippen LogP contribution in [-0.2, 0) is 21.3 Å². The zero-order chi connectivity index (χ0) is 18.4. The van der Waals surface area contributed by atoms with Gasteiger partial charge in [-0.1, -0.05) is 29.3 Å². The molecule has 3 aliphatic rings. The Morgan fingerprint density at radius 2 is 1.85 bits per heavy atom. The van der Waals surface area contributed by atoms with E-state index in [9.17, 15) is 8.42 Å². The summed E-state index contributed by atoms with van der Waals surface area (Å²) in [5.41, 5.74) is 3.94. The lowest BCUT2D eigenvalue weighted by Gasteiger charge is -2.50. The van der Waals surface area contributed by atoms with E-state index in [0.717, 1.165) is 51.9 Å². The molecule has 0 amide bonds. The Labute approximate surface area is 157 Å². The average Bonchev–Trinajstić information content (AvgIpc) is 3.29. The Morgan fingerprint density at radius 3 is 2.50 bits per heavy atom. The van der Waals surface area contributed by atoms with E-state index in [1.54, 1.807) is 0 Å². The molecule has 4 rings (SSSR count). The molecule has 1 unspecified atom stereocenters. The number of sulfonamides is 1. The first-order chi connectivity index (χ1) is 12.4. The van der Waals surface area contributed by atoms with Crippen LogP contribution < -0.4 is 4.72 Å². The summed E-state index contributed by atoms with van der Waals surface area (Å²) in [5.74, 6) is 0.458. The molecule has 1 aromatic rings. The van der Waals surface area contributed by atoms with E-state index in [2.05, 4.69) is 41.7 Å². The number of nitrogens with zero attached hydrogens (tertiary/aromatic N) is 1. The van der Waals surface area contributed by atoms with Crippen LogP contribution in [0.4, 0.5) is 0 Å². The molecule has 0 aromatic heterocycles. The molecule has 5 nitrogen and oxygen atoms in total. The van der Waals surface area contributed by atoms with Gasteiger partial charge in [0.15, 0.2) is 0 Å². The molecule has 1 spiro atoms. The van der Waals surface area contributed by atoms with Crippen LogP contribution >= 0.6 is 0 Å². The predicted octanol–water partition coefficient (Wildman–Crippen LogP) is 2.37. The Hall–Kier alpha value is -0.950. The van der Waals surface area contributed by atoms with Crippen LogP contribution in [0.3, 0.4) is 0 Å². The van der Waals surface area contributed by atoms with E-state index in [4.69, 9.17) is 4.74 Å². The third-order valence-electron chi connectivity index (χ3n) is 6.03. The molecule has 2 aliphatic heterocycles. The number of nitrogens with one attached hydrogen (secondary N) is 1. The van der Waals surface area contributed by atoms with Crippen LogP contribution in [0, 0.1) is 19.8 Å². The van der Waals surface area contributed by atoms with Crippen molar-refractivity contribution in [3.8, 4) is 0 Å². The van der Waals surface area contributed by atoms with Gasteiger partial charge in [0.2, 0.25) is 10.0 Å². The Kier molecular flexibility index (Phi) is 4.88. The minimum Gasteiger partial charge on any atom is -0.372 e. The molecule has 0 radical (unpaired) electrons. The number of aryl methyl sites for hydroxylation is 2. The fourth-order valence-electron chi connectivity index (χ4n) is 4.65. The second kappa shape index (κ2) is 6.89. The van der Waals surface area contributed by atoms with Crippen molar-refractivity contribution in [2.24, 2.45) is 5.92 Å². The van der Waals surface area contributed by atoms with Gasteiger partial charge in [-0.3, -0.25) is 4.90 Å². The molecule has 26 heavy (non-hydrogen) atoms. The minimum atomic E-state index is -3.07. The molecule has 144 valence electrons. The van der Waals surface area contributed by atoms with Crippen molar-refractivity contribution in [3.63, 3.8) is 0 Å². The van der Waals surface area contributed by atoms with E-state index in [1.807, 2.05) is 0 Å². The zero-order valence-corrected chi connectivity index (χ0v) is 16.6. The molecule has 1 N–H and O–H groups in total. The van der Waals surface area contributed by atoms with Crippen LogP contribution in [0.1, 0.15) is 42.4 Å². The topological polar surface area (TPSA) is 58.6 Å². The summed E-state index contributed by atoms with van der Waals surface area (Å²) in [6, 6.07) is 6.73. The first kappa shape index (κ1) is 18.4. The number of hydrogen-bond donors (Lipinski definition) is 1. The highest BCUT2D eigenvalue weighted by atomic mass is 32.2. The quantitative estimate of drug-likeness (QED) is 0.791. The summed E-state index contributed by atoms with van der Waals surface area (Å²) < 4.78 is 32.9. The Bertz CT molecular complexity index is 747. The predicted molar refractivity (Wildman–Crippen MR) is 103 cm³/mol. The van der Waals surface area contributed by atoms with Crippen LogP contribution in [0.5, 0.6) is 0 Å². The van der Waals surface area contributed by atoms with Crippen LogP contribution in [0.15, 0.2) is 18.2 Å². The number of benzene rings is 1. The lowest BCUT2D eigenvalue weighted by Crippen LogP contribution is -2.64. The summed E-state index contributed by atoms with van der Waals surface area (Å²) in [6.45, 7) is 8.53. The molecule has 1 aliphatic carbocycles. The van der Waals surface area contributed by atoms with Crippen LogP contribution in [-0.4, -0.2) is 50.4 Å². The molecule has 0 bridgehead atoms.